The van der Waals surface area contributed by atoms with Gasteiger partial charge < -0.3 is 20.5 Å². The van der Waals surface area contributed by atoms with Crippen molar-refractivity contribution >= 4 is 17.5 Å². The van der Waals surface area contributed by atoms with Crippen molar-refractivity contribution in [3.8, 4) is 22.6 Å². The van der Waals surface area contributed by atoms with Crippen molar-refractivity contribution in [2.45, 2.75) is 18.6 Å². The van der Waals surface area contributed by atoms with Crippen LogP contribution in [0.15, 0.2) is 48.5 Å². The van der Waals surface area contributed by atoms with E-state index in [2.05, 4.69) is 10.1 Å². The van der Waals surface area contributed by atoms with Crippen molar-refractivity contribution in [1.82, 2.24) is 5.32 Å². The second-order valence-electron chi connectivity index (χ2n) is 7.56. The third kappa shape index (κ3) is 4.05. The van der Waals surface area contributed by atoms with E-state index in [-0.39, 0.29) is 29.8 Å². The third-order valence-electron chi connectivity index (χ3n) is 5.57. The number of amides is 1. The molecule has 34 heavy (non-hydrogen) atoms. The number of benzene rings is 3. The Bertz CT molecular complexity index is 1360. The molecule has 178 valence electrons. The molecule has 1 amide bonds. The van der Waals surface area contributed by atoms with E-state index in [1.165, 1.54) is 0 Å². The molecule has 0 aromatic heterocycles. The Hall–Kier alpha value is -3.30. The largest absolute Gasteiger partial charge is 0.480 e. The number of hydrogen-bond acceptors (Lipinski definition) is 4. The number of carbonyl (C=O) groups is 1. The van der Waals surface area contributed by atoms with Crippen molar-refractivity contribution in [2.75, 3.05) is 13.5 Å². The zero-order valence-electron chi connectivity index (χ0n) is 20.3. The number of fused-ring (bicyclic) bond motifs is 1. The van der Waals surface area contributed by atoms with Gasteiger partial charge in [-0.05, 0) is 24.7 Å². The summed E-state index contributed by atoms with van der Waals surface area (Å²) in [6.07, 6.45) is -0.150. The first kappa shape index (κ1) is 20.1. The Kier molecular flexibility index (Phi) is 5.41. The van der Waals surface area contributed by atoms with Crippen LogP contribution in [0.25, 0.3) is 11.1 Å². The van der Waals surface area contributed by atoms with Gasteiger partial charge in [0.15, 0.2) is 17.2 Å². The molecule has 0 saturated carbocycles. The maximum atomic E-state index is 15.6. The van der Waals surface area contributed by atoms with Gasteiger partial charge in [0.2, 0.25) is 5.91 Å². The summed E-state index contributed by atoms with van der Waals surface area (Å²) in [5, 5.41) is 1.78. The van der Waals surface area contributed by atoms with Crippen LogP contribution in [-0.2, 0) is 12.0 Å². The van der Waals surface area contributed by atoms with E-state index in [0.29, 0.717) is 5.56 Å². The first-order chi connectivity index (χ1) is 17.3. The van der Waals surface area contributed by atoms with E-state index in [0.717, 1.165) is 18.2 Å². The van der Waals surface area contributed by atoms with Gasteiger partial charge in [-0.2, -0.15) is 8.78 Å². The van der Waals surface area contributed by atoms with Crippen LogP contribution < -0.4 is 20.5 Å². The van der Waals surface area contributed by atoms with Gasteiger partial charge >= 0.3 is 6.61 Å². The molecule has 5 nitrogen and oxygen atoms in total. The highest BCUT2D eigenvalue weighted by molar-refractivity contribution is 6.34. The number of nitrogens with two attached hydrogens (primary N) is 1. The van der Waals surface area contributed by atoms with Crippen LogP contribution in [0.2, 0.25) is 5.02 Å². The number of carbonyl (C=O) groups excluding carboxylic acids is 1. The number of primary amides is 1. The molecule has 0 spiro atoms. The lowest BCUT2D eigenvalue weighted by Gasteiger charge is -2.29. The Morgan fingerprint density at radius 2 is 2.00 bits per heavy atom. The van der Waals surface area contributed by atoms with Crippen LogP contribution in [0.5, 0.6) is 11.5 Å². The Labute approximate surface area is 201 Å². The molecule has 1 aliphatic heterocycles. The summed E-state index contributed by atoms with van der Waals surface area (Å²) in [6.45, 7) is -6.23. The zero-order chi connectivity index (χ0) is 27.1. The highest BCUT2D eigenvalue weighted by Gasteiger charge is 2.43. The number of ether oxygens (including phenoxy) is 2. The molecular weight excluding hydrogens is 476 g/mol. The molecule has 4 rings (SSSR count). The van der Waals surface area contributed by atoms with Crippen molar-refractivity contribution in [2.24, 2.45) is 5.73 Å². The lowest BCUT2D eigenvalue weighted by atomic mass is 9.85. The van der Waals surface area contributed by atoms with E-state index >= 15 is 8.78 Å². The van der Waals surface area contributed by atoms with E-state index in [9.17, 15) is 13.6 Å². The van der Waals surface area contributed by atoms with Gasteiger partial charge in [0.05, 0.1) is 10.6 Å². The summed E-state index contributed by atoms with van der Waals surface area (Å²) in [6, 6.07) is 11.1. The predicted molar refractivity (Wildman–Crippen MR) is 118 cm³/mol. The Balaban J connectivity index is 1.96. The van der Waals surface area contributed by atoms with Crippen LogP contribution in [0, 0.1) is 11.6 Å². The van der Waals surface area contributed by atoms with Gasteiger partial charge in [-0.25, -0.2) is 8.78 Å². The minimum atomic E-state index is -3.39. The number of alkyl halides is 2. The number of nitrogens with one attached hydrogen (secondary N) is 1. The van der Waals surface area contributed by atoms with Crippen LogP contribution in [-0.4, -0.2) is 26.0 Å². The minimum Gasteiger partial charge on any atom is -0.480 e. The first-order valence-electron chi connectivity index (χ1n) is 11.4. The first-order valence-corrected chi connectivity index (χ1v) is 10.3. The summed E-state index contributed by atoms with van der Waals surface area (Å²) >= 11 is 6.26. The molecular formula is C24H19ClF4N2O3. The van der Waals surface area contributed by atoms with Crippen molar-refractivity contribution in [3.05, 3.63) is 81.9 Å². The third-order valence-corrected chi connectivity index (χ3v) is 5.94. The van der Waals surface area contributed by atoms with E-state index in [1.807, 2.05) is 0 Å². The Morgan fingerprint density at radius 1 is 1.26 bits per heavy atom. The second kappa shape index (κ2) is 9.15. The molecule has 0 unspecified atom stereocenters. The fourth-order valence-electron chi connectivity index (χ4n) is 4.14. The standard InChI is InChI=1S/C24H19ClF4N2O3/c1-31-11-24(12-5-3-2-4-6-12)10-14-17(34-24)9-15(26)20(25)18(14)19-13(22(30)32)7-8-16(21(19)27)33-23(28)29/h2-9,23,31H,10-11H2,1H3,(H2,30,32)/t24-/m1/s1/i1D3. The van der Waals surface area contributed by atoms with Crippen LogP contribution in [0.1, 0.15) is 25.6 Å². The molecule has 0 saturated heterocycles. The highest BCUT2D eigenvalue weighted by Crippen LogP contribution is 2.50. The van der Waals surface area contributed by atoms with Crippen LogP contribution in [0.3, 0.4) is 0 Å². The van der Waals surface area contributed by atoms with E-state index in [4.69, 9.17) is 26.2 Å². The predicted octanol–water partition coefficient (Wildman–Crippen LogP) is 5.04. The second-order valence-corrected chi connectivity index (χ2v) is 7.94. The molecule has 3 aromatic carbocycles. The average Bonchev–Trinajstić information content (AvgIpc) is 3.19. The molecule has 1 aliphatic rings. The number of hydrogen-bond donors (Lipinski definition) is 2. The fourth-order valence-corrected chi connectivity index (χ4v) is 4.40. The molecule has 1 heterocycles. The lowest BCUT2D eigenvalue weighted by molar-refractivity contribution is -0.0521. The van der Waals surface area contributed by atoms with Gasteiger partial charge in [-0.1, -0.05) is 41.9 Å². The maximum absolute atomic E-state index is 15.6. The molecule has 0 bridgehead atoms. The fraction of sp³-hybridized carbons (Fsp3) is 0.208. The smallest absolute Gasteiger partial charge is 0.387 e. The molecule has 1 atom stereocenters. The summed E-state index contributed by atoms with van der Waals surface area (Å²) in [5.41, 5.74) is 3.15. The Morgan fingerprint density at radius 3 is 2.65 bits per heavy atom. The molecule has 0 fully saturated rings. The van der Waals surface area contributed by atoms with Crippen LogP contribution >= 0.6 is 11.6 Å². The minimum absolute atomic E-state index is 0.108. The number of likely N-dealkylation sites (N-methyl/N-ethyl adjacent to an activating group) is 1. The quantitative estimate of drug-likeness (QED) is 0.449. The van der Waals surface area contributed by atoms with E-state index < -0.39 is 58.6 Å². The molecule has 0 radical (unpaired) electrons. The van der Waals surface area contributed by atoms with Gasteiger partial charge in [0, 0.05) is 39.8 Å². The summed E-state index contributed by atoms with van der Waals surface area (Å²) in [7, 11) is 0. The number of rotatable bonds is 7. The van der Waals surface area contributed by atoms with E-state index in [1.54, 1.807) is 30.3 Å². The maximum Gasteiger partial charge on any atom is 0.387 e. The zero-order valence-corrected chi connectivity index (χ0v) is 18.1. The van der Waals surface area contributed by atoms with Gasteiger partial charge in [0.25, 0.3) is 0 Å². The van der Waals surface area contributed by atoms with Gasteiger partial charge in [-0.15, -0.1) is 0 Å². The molecule has 3 aromatic rings. The molecule has 3 N–H and O–H groups in total. The van der Waals surface area contributed by atoms with Gasteiger partial charge in [-0.3, -0.25) is 4.79 Å². The highest BCUT2D eigenvalue weighted by atomic mass is 35.5. The van der Waals surface area contributed by atoms with Crippen LogP contribution in [0.4, 0.5) is 17.6 Å². The van der Waals surface area contributed by atoms with Gasteiger partial charge in [0.1, 0.15) is 11.6 Å². The topological polar surface area (TPSA) is 73.6 Å². The SMILES string of the molecule is [2H]C([2H])([2H])NC[C@@]1(c2ccccc2)Cc2c(cc(F)c(Cl)c2-c2c(C(N)=O)ccc(OC(F)F)c2F)O1. The van der Waals surface area contributed by atoms with Crippen molar-refractivity contribution in [3.63, 3.8) is 0 Å². The molecule has 0 aliphatic carbocycles. The average molecular weight is 498 g/mol. The summed E-state index contributed by atoms with van der Waals surface area (Å²) in [4.78, 5) is 12.2. The number of halogens is 5. The normalized spacial score (nSPS) is 18.6. The molecule has 10 heteroatoms. The lowest BCUT2D eigenvalue weighted by Crippen LogP contribution is -2.41. The van der Waals surface area contributed by atoms with Crippen molar-refractivity contribution in [1.29, 1.82) is 0 Å². The van der Waals surface area contributed by atoms with Crippen molar-refractivity contribution < 1.29 is 35.9 Å². The summed E-state index contributed by atoms with van der Waals surface area (Å²) < 4.78 is 89.3. The monoisotopic (exact) mass is 497 g/mol. The summed E-state index contributed by atoms with van der Waals surface area (Å²) in [5.74, 6) is -4.63.